The van der Waals surface area contributed by atoms with Crippen LogP contribution in [0.25, 0.3) is 0 Å². The van der Waals surface area contributed by atoms with Crippen molar-refractivity contribution in [3.63, 3.8) is 0 Å². The van der Waals surface area contributed by atoms with Crippen LogP contribution in [0.3, 0.4) is 0 Å². The van der Waals surface area contributed by atoms with Crippen molar-refractivity contribution in [2.45, 2.75) is 25.3 Å². The molecule has 1 atom stereocenters. The lowest BCUT2D eigenvalue weighted by Gasteiger charge is -2.36. The molecule has 1 saturated heterocycles. The van der Waals surface area contributed by atoms with Gasteiger partial charge in [-0.15, -0.1) is 24.8 Å². The molecule has 0 aromatic heterocycles. The lowest BCUT2D eigenvalue weighted by Crippen LogP contribution is -2.47. The molecule has 1 aliphatic heterocycles. The van der Waals surface area contributed by atoms with Gasteiger partial charge in [0.25, 0.3) is 0 Å². The molecular formula is C18H30Cl2N4O. The predicted octanol–water partition coefficient (Wildman–Crippen LogP) is 1.90. The maximum Gasteiger partial charge on any atom is 0.221 e. The average Bonchev–Trinajstić information content (AvgIpc) is 3.44. The Kier molecular flexibility index (Phi) is 9.57. The highest BCUT2D eigenvalue weighted by Crippen LogP contribution is 2.31. The predicted molar refractivity (Wildman–Crippen MR) is 108 cm³/mol. The van der Waals surface area contributed by atoms with E-state index < -0.39 is 0 Å². The van der Waals surface area contributed by atoms with Crippen molar-refractivity contribution in [2.75, 3.05) is 44.2 Å². The van der Waals surface area contributed by atoms with E-state index in [-0.39, 0.29) is 36.8 Å². The summed E-state index contributed by atoms with van der Waals surface area (Å²) < 4.78 is 0. The Morgan fingerprint density at radius 2 is 1.76 bits per heavy atom. The molecule has 1 heterocycles. The number of hydrogen-bond acceptors (Lipinski definition) is 4. The highest BCUT2D eigenvalue weighted by Gasteiger charge is 2.28. The summed E-state index contributed by atoms with van der Waals surface area (Å²) in [7, 11) is 0. The van der Waals surface area contributed by atoms with Crippen molar-refractivity contribution >= 4 is 36.4 Å². The van der Waals surface area contributed by atoms with Crippen molar-refractivity contribution in [3.05, 3.63) is 30.3 Å². The molecule has 0 bridgehead atoms. The maximum absolute atomic E-state index is 11.9. The number of piperazine rings is 1. The monoisotopic (exact) mass is 388 g/mol. The maximum atomic E-state index is 11.9. The van der Waals surface area contributed by atoms with E-state index in [1.165, 1.54) is 18.5 Å². The summed E-state index contributed by atoms with van der Waals surface area (Å²) in [5, 5.41) is 2.98. The number of nitrogens with one attached hydrogen (secondary N) is 1. The fraction of sp³-hybridized carbons (Fsp3) is 0.611. The first-order chi connectivity index (χ1) is 11.2. The number of halogens is 2. The van der Waals surface area contributed by atoms with Crippen molar-refractivity contribution in [2.24, 2.45) is 11.7 Å². The standard InChI is InChI=1S/C18H28N4O.2ClH/c19-17(15-6-7-15)14-20-18(23)8-9-21-10-12-22(13-11-21)16-4-2-1-3-5-16;;/h1-5,15,17H,6-14,19H2,(H,20,23);2*1H. The van der Waals surface area contributed by atoms with E-state index in [4.69, 9.17) is 5.73 Å². The number of benzene rings is 1. The molecule has 5 nitrogen and oxygen atoms in total. The highest BCUT2D eigenvalue weighted by molar-refractivity contribution is 5.85. The van der Waals surface area contributed by atoms with Gasteiger partial charge in [0.1, 0.15) is 0 Å². The third-order valence-corrected chi connectivity index (χ3v) is 4.91. The Labute approximate surface area is 163 Å². The van der Waals surface area contributed by atoms with Crippen LogP contribution in [-0.2, 0) is 4.79 Å². The Bertz CT molecular complexity index is 505. The molecule has 2 aliphatic rings. The van der Waals surface area contributed by atoms with E-state index >= 15 is 0 Å². The van der Waals surface area contributed by atoms with Crippen molar-refractivity contribution in [3.8, 4) is 0 Å². The molecule has 0 spiro atoms. The third kappa shape index (κ3) is 7.02. The molecule has 1 aliphatic carbocycles. The van der Waals surface area contributed by atoms with Gasteiger partial charge in [-0.3, -0.25) is 9.69 Å². The highest BCUT2D eigenvalue weighted by atomic mass is 35.5. The normalized spacial score (nSPS) is 18.7. The van der Waals surface area contributed by atoms with Crippen LogP contribution in [0.15, 0.2) is 30.3 Å². The number of carbonyl (C=O) groups excluding carboxylic acids is 1. The Hall–Kier alpha value is -1.01. The van der Waals surface area contributed by atoms with Crippen LogP contribution in [0.1, 0.15) is 19.3 Å². The van der Waals surface area contributed by atoms with Gasteiger partial charge in [-0.25, -0.2) is 0 Å². The lowest BCUT2D eigenvalue weighted by molar-refractivity contribution is -0.121. The second-order valence-electron chi connectivity index (χ2n) is 6.72. The molecule has 25 heavy (non-hydrogen) atoms. The first-order valence-electron chi connectivity index (χ1n) is 8.77. The zero-order valence-electron chi connectivity index (χ0n) is 14.6. The minimum absolute atomic E-state index is 0. The summed E-state index contributed by atoms with van der Waals surface area (Å²) in [6, 6.07) is 10.7. The molecular weight excluding hydrogens is 359 g/mol. The molecule has 2 fully saturated rings. The summed E-state index contributed by atoms with van der Waals surface area (Å²) in [5.74, 6) is 0.771. The number of amides is 1. The minimum Gasteiger partial charge on any atom is -0.369 e. The van der Waals surface area contributed by atoms with Gasteiger partial charge < -0.3 is 16.0 Å². The fourth-order valence-electron chi connectivity index (χ4n) is 3.14. The van der Waals surface area contributed by atoms with Crippen LogP contribution in [0, 0.1) is 5.92 Å². The van der Waals surface area contributed by atoms with Crippen molar-refractivity contribution < 1.29 is 4.79 Å². The molecule has 142 valence electrons. The van der Waals surface area contributed by atoms with Gasteiger partial charge in [-0.1, -0.05) is 18.2 Å². The lowest BCUT2D eigenvalue weighted by atomic mass is 10.2. The Balaban J connectivity index is 0.00000156. The van der Waals surface area contributed by atoms with E-state index in [0.29, 0.717) is 18.9 Å². The van der Waals surface area contributed by atoms with Gasteiger partial charge in [0, 0.05) is 57.4 Å². The molecule has 1 aromatic rings. The molecule has 1 amide bonds. The van der Waals surface area contributed by atoms with Crippen LogP contribution in [0.5, 0.6) is 0 Å². The zero-order chi connectivity index (χ0) is 16.1. The summed E-state index contributed by atoms with van der Waals surface area (Å²) >= 11 is 0. The summed E-state index contributed by atoms with van der Waals surface area (Å²) in [5.41, 5.74) is 7.30. The number of nitrogens with two attached hydrogens (primary N) is 1. The third-order valence-electron chi connectivity index (χ3n) is 4.91. The van der Waals surface area contributed by atoms with Crippen LogP contribution < -0.4 is 16.0 Å². The molecule has 3 rings (SSSR count). The van der Waals surface area contributed by atoms with E-state index in [2.05, 4.69) is 39.4 Å². The second kappa shape index (κ2) is 10.9. The van der Waals surface area contributed by atoms with Crippen molar-refractivity contribution in [1.29, 1.82) is 0 Å². The van der Waals surface area contributed by atoms with Crippen LogP contribution >= 0.6 is 24.8 Å². The van der Waals surface area contributed by atoms with Crippen LogP contribution in [-0.4, -0.2) is 56.1 Å². The number of carbonyl (C=O) groups is 1. The number of anilines is 1. The minimum atomic E-state index is 0. The summed E-state index contributed by atoms with van der Waals surface area (Å²) in [6.45, 7) is 5.56. The van der Waals surface area contributed by atoms with E-state index in [9.17, 15) is 4.79 Å². The van der Waals surface area contributed by atoms with E-state index in [1.807, 2.05) is 6.07 Å². The van der Waals surface area contributed by atoms with Gasteiger partial charge >= 0.3 is 0 Å². The topological polar surface area (TPSA) is 61.6 Å². The average molecular weight is 389 g/mol. The smallest absolute Gasteiger partial charge is 0.221 e. The fourth-order valence-corrected chi connectivity index (χ4v) is 3.14. The number of hydrogen-bond donors (Lipinski definition) is 2. The first kappa shape index (κ1) is 22.0. The van der Waals surface area contributed by atoms with Crippen molar-refractivity contribution in [1.82, 2.24) is 10.2 Å². The summed E-state index contributed by atoms with van der Waals surface area (Å²) in [6.07, 6.45) is 3.02. The number of nitrogens with zero attached hydrogens (tertiary/aromatic N) is 2. The largest absolute Gasteiger partial charge is 0.369 e. The van der Waals surface area contributed by atoms with Gasteiger partial charge in [0.2, 0.25) is 5.91 Å². The SMILES string of the molecule is Cl.Cl.NC(CNC(=O)CCN1CCN(c2ccccc2)CC1)C1CC1. The molecule has 1 unspecified atom stereocenters. The molecule has 1 saturated carbocycles. The van der Waals surface area contributed by atoms with E-state index in [0.717, 1.165) is 32.7 Å². The first-order valence-corrected chi connectivity index (χ1v) is 8.77. The Morgan fingerprint density at radius 3 is 2.36 bits per heavy atom. The summed E-state index contributed by atoms with van der Waals surface area (Å²) in [4.78, 5) is 16.7. The van der Waals surface area contributed by atoms with Crippen LogP contribution in [0.4, 0.5) is 5.69 Å². The van der Waals surface area contributed by atoms with Gasteiger partial charge in [-0.05, 0) is 30.9 Å². The number of para-hydroxylation sites is 1. The molecule has 1 aromatic carbocycles. The van der Waals surface area contributed by atoms with Gasteiger partial charge in [0.15, 0.2) is 0 Å². The molecule has 0 radical (unpaired) electrons. The second-order valence-corrected chi connectivity index (χ2v) is 6.72. The molecule has 7 heteroatoms. The van der Waals surface area contributed by atoms with Gasteiger partial charge in [0.05, 0.1) is 0 Å². The zero-order valence-corrected chi connectivity index (χ0v) is 16.2. The Morgan fingerprint density at radius 1 is 1.12 bits per heavy atom. The van der Waals surface area contributed by atoms with Gasteiger partial charge in [-0.2, -0.15) is 0 Å². The molecule has 3 N–H and O–H groups in total. The van der Waals surface area contributed by atoms with E-state index in [1.54, 1.807) is 0 Å². The van der Waals surface area contributed by atoms with Crippen LogP contribution in [0.2, 0.25) is 0 Å². The number of rotatable bonds is 7. The quantitative estimate of drug-likeness (QED) is 0.748.